The zero-order chi connectivity index (χ0) is 8.41. The zero-order valence-corrected chi connectivity index (χ0v) is 6.37. The minimum atomic E-state index is -0.863. The molecule has 0 spiro atoms. The minimum absolute atomic E-state index is 0.853. The molecule has 2 N–H and O–H groups in total. The quantitative estimate of drug-likeness (QED) is 0.585. The Morgan fingerprint density at radius 3 is 2.30 bits per heavy atom. The predicted octanol–water partition coefficient (Wildman–Crippen LogP) is 1.04. The third kappa shape index (κ3) is 15.7. The number of hydrogen-bond acceptors (Lipinski definition) is 2. The van der Waals surface area contributed by atoms with Gasteiger partial charge in [0.05, 0.1) is 0 Å². The second kappa shape index (κ2) is 11.0. The first-order valence-electron chi connectivity index (χ1n) is 3.11. The van der Waals surface area contributed by atoms with Gasteiger partial charge in [0.2, 0.25) is 0 Å². The SMILES string of the molecule is CCC/C=C/C(=O)O.CO. The number of aliphatic hydroxyl groups excluding tert-OH is 1. The van der Waals surface area contributed by atoms with Crippen molar-refractivity contribution in [2.75, 3.05) is 7.11 Å². The molecule has 0 fully saturated rings. The van der Waals surface area contributed by atoms with Crippen LogP contribution >= 0.6 is 0 Å². The van der Waals surface area contributed by atoms with E-state index in [0.717, 1.165) is 20.0 Å². The average Bonchev–Trinajstić information content (AvgIpc) is 1.92. The molecule has 0 bridgehead atoms. The Balaban J connectivity index is 0. The molecule has 0 aliphatic carbocycles. The van der Waals surface area contributed by atoms with Crippen LogP contribution < -0.4 is 0 Å². The molecule has 0 radical (unpaired) electrons. The van der Waals surface area contributed by atoms with E-state index in [4.69, 9.17) is 10.2 Å². The fourth-order valence-electron chi connectivity index (χ4n) is 0.351. The number of aliphatic hydroxyl groups is 1. The number of aliphatic carboxylic acids is 1. The molecule has 0 aromatic heterocycles. The molecule has 0 heterocycles. The highest BCUT2D eigenvalue weighted by Gasteiger charge is 1.81. The van der Waals surface area contributed by atoms with Crippen molar-refractivity contribution in [1.29, 1.82) is 0 Å². The standard InChI is InChI=1S/C6H10O2.CH4O/c1-2-3-4-5-6(7)8;1-2/h4-5H,2-3H2,1H3,(H,7,8);2H,1H3/b5-4+;. The van der Waals surface area contributed by atoms with Crippen LogP contribution in [-0.4, -0.2) is 23.3 Å². The predicted molar refractivity (Wildman–Crippen MR) is 39.8 cm³/mol. The highest BCUT2D eigenvalue weighted by Crippen LogP contribution is 1.86. The van der Waals surface area contributed by atoms with Crippen LogP contribution in [-0.2, 0) is 4.79 Å². The molecule has 0 rings (SSSR count). The largest absolute Gasteiger partial charge is 0.478 e. The Labute approximate surface area is 61.0 Å². The van der Waals surface area contributed by atoms with Crippen LogP contribution in [0.2, 0.25) is 0 Å². The van der Waals surface area contributed by atoms with Crippen LogP contribution in [0.15, 0.2) is 12.2 Å². The summed E-state index contributed by atoms with van der Waals surface area (Å²) in [5.74, 6) is -0.863. The second-order valence-electron chi connectivity index (χ2n) is 1.53. The third-order valence-electron chi connectivity index (χ3n) is 0.716. The average molecular weight is 146 g/mol. The number of carboxylic acids is 1. The van der Waals surface area contributed by atoms with Crippen LogP contribution in [0.4, 0.5) is 0 Å². The van der Waals surface area contributed by atoms with Gasteiger partial charge in [-0.15, -0.1) is 0 Å². The fraction of sp³-hybridized carbons (Fsp3) is 0.571. The topological polar surface area (TPSA) is 57.5 Å². The molecular formula is C7H14O3. The van der Waals surface area contributed by atoms with Gasteiger partial charge < -0.3 is 10.2 Å². The van der Waals surface area contributed by atoms with E-state index in [1.165, 1.54) is 6.08 Å². The van der Waals surface area contributed by atoms with Crippen LogP contribution in [0, 0.1) is 0 Å². The van der Waals surface area contributed by atoms with E-state index in [0.29, 0.717) is 0 Å². The van der Waals surface area contributed by atoms with Gasteiger partial charge in [-0.3, -0.25) is 0 Å². The van der Waals surface area contributed by atoms with E-state index in [9.17, 15) is 4.79 Å². The first-order valence-corrected chi connectivity index (χ1v) is 3.11. The number of carbonyl (C=O) groups is 1. The molecule has 0 amide bonds. The van der Waals surface area contributed by atoms with Crippen molar-refractivity contribution in [3.8, 4) is 0 Å². The van der Waals surface area contributed by atoms with Gasteiger partial charge in [0, 0.05) is 13.2 Å². The zero-order valence-electron chi connectivity index (χ0n) is 6.37. The minimum Gasteiger partial charge on any atom is -0.478 e. The van der Waals surface area contributed by atoms with E-state index >= 15 is 0 Å². The Hall–Kier alpha value is -0.830. The molecule has 10 heavy (non-hydrogen) atoms. The molecule has 0 saturated heterocycles. The van der Waals surface area contributed by atoms with Gasteiger partial charge in [-0.25, -0.2) is 4.79 Å². The van der Waals surface area contributed by atoms with Crippen molar-refractivity contribution in [3.63, 3.8) is 0 Å². The second-order valence-corrected chi connectivity index (χ2v) is 1.53. The summed E-state index contributed by atoms with van der Waals surface area (Å²) in [6, 6.07) is 0. The van der Waals surface area contributed by atoms with E-state index in [1.54, 1.807) is 6.08 Å². The molecule has 0 atom stereocenters. The summed E-state index contributed by atoms with van der Waals surface area (Å²) in [4.78, 5) is 9.79. The van der Waals surface area contributed by atoms with Gasteiger partial charge in [-0.2, -0.15) is 0 Å². The van der Waals surface area contributed by atoms with Gasteiger partial charge in [-0.05, 0) is 6.42 Å². The fourth-order valence-corrected chi connectivity index (χ4v) is 0.351. The van der Waals surface area contributed by atoms with Crippen LogP contribution in [0.25, 0.3) is 0 Å². The third-order valence-corrected chi connectivity index (χ3v) is 0.716. The van der Waals surface area contributed by atoms with Crippen molar-refractivity contribution in [3.05, 3.63) is 12.2 Å². The molecule has 0 aromatic carbocycles. The first-order chi connectivity index (χ1) is 4.77. The number of rotatable bonds is 3. The van der Waals surface area contributed by atoms with Gasteiger partial charge in [0.15, 0.2) is 0 Å². The molecule has 0 unspecified atom stereocenters. The molecular weight excluding hydrogens is 132 g/mol. The van der Waals surface area contributed by atoms with Crippen LogP contribution in [0.3, 0.4) is 0 Å². The number of allylic oxidation sites excluding steroid dienone is 1. The normalized spacial score (nSPS) is 8.70. The summed E-state index contributed by atoms with van der Waals surface area (Å²) in [6.45, 7) is 2.01. The lowest BCUT2D eigenvalue weighted by Crippen LogP contribution is -1.84. The molecule has 0 aromatic rings. The van der Waals surface area contributed by atoms with Crippen LogP contribution in [0.5, 0.6) is 0 Å². The summed E-state index contributed by atoms with van der Waals surface area (Å²) < 4.78 is 0. The maximum Gasteiger partial charge on any atom is 0.327 e. The first kappa shape index (κ1) is 11.9. The van der Waals surface area contributed by atoms with Crippen molar-refractivity contribution in [2.24, 2.45) is 0 Å². The summed E-state index contributed by atoms with van der Waals surface area (Å²) in [5.41, 5.74) is 0. The summed E-state index contributed by atoms with van der Waals surface area (Å²) in [5, 5.41) is 15.1. The van der Waals surface area contributed by atoms with E-state index in [2.05, 4.69) is 0 Å². The monoisotopic (exact) mass is 146 g/mol. The van der Waals surface area contributed by atoms with Crippen LogP contribution in [0.1, 0.15) is 19.8 Å². The Bertz CT molecular complexity index is 97.0. The highest BCUT2D eigenvalue weighted by molar-refractivity contribution is 5.79. The molecule has 60 valence electrons. The Kier molecular flexibility index (Phi) is 13.1. The maximum atomic E-state index is 9.79. The molecule has 3 heteroatoms. The Morgan fingerprint density at radius 1 is 1.50 bits per heavy atom. The van der Waals surface area contributed by atoms with Gasteiger partial charge >= 0.3 is 5.97 Å². The summed E-state index contributed by atoms with van der Waals surface area (Å²) in [7, 11) is 1.00. The maximum absolute atomic E-state index is 9.79. The van der Waals surface area contributed by atoms with E-state index in [1.807, 2.05) is 6.92 Å². The van der Waals surface area contributed by atoms with Gasteiger partial charge in [-0.1, -0.05) is 19.4 Å². The van der Waals surface area contributed by atoms with E-state index < -0.39 is 5.97 Å². The number of hydrogen-bond donors (Lipinski definition) is 2. The Morgan fingerprint density at radius 2 is 2.00 bits per heavy atom. The van der Waals surface area contributed by atoms with Gasteiger partial charge in [0.25, 0.3) is 0 Å². The molecule has 0 aliphatic heterocycles. The summed E-state index contributed by atoms with van der Waals surface area (Å²) in [6.07, 6.45) is 4.68. The smallest absolute Gasteiger partial charge is 0.327 e. The lowest BCUT2D eigenvalue weighted by molar-refractivity contribution is -0.131. The number of carboxylic acid groups (broad SMARTS) is 1. The van der Waals surface area contributed by atoms with Crippen molar-refractivity contribution < 1.29 is 15.0 Å². The summed E-state index contributed by atoms with van der Waals surface area (Å²) >= 11 is 0. The lowest BCUT2D eigenvalue weighted by atomic mass is 10.3. The number of unbranched alkanes of at least 4 members (excludes halogenated alkanes) is 1. The van der Waals surface area contributed by atoms with Crippen molar-refractivity contribution >= 4 is 5.97 Å². The highest BCUT2D eigenvalue weighted by atomic mass is 16.4. The van der Waals surface area contributed by atoms with E-state index in [-0.39, 0.29) is 0 Å². The van der Waals surface area contributed by atoms with Gasteiger partial charge in [0.1, 0.15) is 0 Å². The molecule has 0 aliphatic rings. The lowest BCUT2D eigenvalue weighted by Gasteiger charge is -1.79. The molecule has 3 nitrogen and oxygen atoms in total. The van der Waals surface area contributed by atoms with Crippen molar-refractivity contribution in [2.45, 2.75) is 19.8 Å². The molecule has 0 saturated carbocycles. The van der Waals surface area contributed by atoms with Crippen molar-refractivity contribution in [1.82, 2.24) is 0 Å².